The fourth-order valence-electron chi connectivity index (χ4n) is 1.63. The zero-order chi connectivity index (χ0) is 12.2. The SMILES string of the molecule is CSCC(C)(O)CNS(=O)(=O)N1CCCC1. The summed E-state index contributed by atoms with van der Waals surface area (Å²) >= 11 is 1.49. The molecule has 1 fully saturated rings. The Kier molecular flexibility index (Phi) is 5.06. The minimum atomic E-state index is -3.40. The van der Waals surface area contributed by atoms with E-state index in [0.717, 1.165) is 12.8 Å². The van der Waals surface area contributed by atoms with Crippen LogP contribution in [0.4, 0.5) is 0 Å². The minimum Gasteiger partial charge on any atom is -0.388 e. The molecule has 16 heavy (non-hydrogen) atoms. The maximum atomic E-state index is 11.8. The number of rotatable bonds is 6. The van der Waals surface area contributed by atoms with Crippen LogP contribution in [0.2, 0.25) is 0 Å². The first kappa shape index (κ1) is 14.2. The molecule has 0 aromatic carbocycles. The van der Waals surface area contributed by atoms with Gasteiger partial charge in [0.15, 0.2) is 0 Å². The van der Waals surface area contributed by atoms with Crippen molar-refractivity contribution in [2.75, 3.05) is 31.6 Å². The van der Waals surface area contributed by atoms with Crippen LogP contribution in [0.5, 0.6) is 0 Å². The quantitative estimate of drug-likeness (QED) is 0.713. The summed E-state index contributed by atoms with van der Waals surface area (Å²) < 4.78 is 27.5. The van der Waals surface area contributed by atoms with Gasteiger partial charge in [0.25, 0.3) is 10.2 Å². The topological polar surface area (TPSA) is 69.6 Å². The van der Waals surface area contributed by atoms with Crippen LogP contribution >= 0.6 is 11.8 Å². The molecule has 1 atom stereocenters. The highest BCUT2D eigenvalue weighted by atomic mass is 32.2. The van der Waals surface area contributed by atoms with Gasteiger partial charge in [-0.05, 0) is 26.0 Å². The number of hydrogen-bond donors (Lipinski definition) is 2. The second-order valence-electron chi connectivity index (χ2n) is 4.36. The Morgan fingerprint density at radius 2 is 2.00 bits per heavy atom. The summed E-state index contributed by atoms with van der Waals surface area (Å²) in [4.78, 5) is 0. The molecule has 1 aliphatic rings. The predicted octanol–water partition coefficient (Wildman–Crippen LogP) is 0.0306. The Balaban J connectivity index is 2.47. The summed E-state index contributed by atoms with van der Waals surface area (Å²) in [6.07, 6.45) is 3.72. The van der Waals surface area contributed by atoms with Crippen LogP contribution in [-0.2, 0) is 10.2 Å². The Morgan fingerprint density at radius 3 is 2.50 bits per heavy atom. The van der Waals surface area contributed by atoms with E-state index in [9.17, 15) is 13.5 Å². The maximum absolute atomic E-state index is 11.8. The number of nitrogens with zero attached hydrogens (tertiary/aromatic N) is 1. The zero-order valence-corrected chi connectivity index (χ0v) is 11.4. The molecule has 7 heteroatoms. The fraction of sp³-hybridized carbons (Fsp3) is 1.00. The second-order valence-corrected chi connectivity index (χ2v) is 6.98. The van der Waals surface area contributed by atoms with E-state index in [-0.39, 0.29) is 6.54 Å². The van der Waals surface area contributed by atoms with Crippen molar-refractivity contribution in [1.29, 1.82) is 0 Å². The van der Waals surface area contributed by atoms with E-state index in [4.69, 9.17) is 0 Å². The van der Waals surface area contributed by atoms with Crippen molar-refractivity contribution in [1.82, 2.24) is 9.03 Å². The third-order valence-electron chi connectivity index (χ3n) is 2.50. The molecule has 0 amide bonds. The van der Waals surface area contributed by atoms with Crippen LogP contribution in [0.1, 0.15) is 19.8 Å². The molecule has 1 aliphatic heterocycles. The highest BCUT2D eigenvalue weighted by Crippen LogP contribution is 2.13. The van der Waals surface area contributed by atoms with Crippen molar-refractivity contribution in [3.63, 3.8) is 0 Å². The molecule has 0 aromatic heterocycles. The van der Waals surface area contributed by atoms with Gasteiger partial charge in [0.2, 0.25) is 0 Å². The number of aliphatic hydroxyl groups is 1. The molecule has 1 unspecified atom stereocenters. The summed E-state index contributed by atoms with van der Waals surface area (Å²) in [6.45, 7) is 2.86. The molecule has 0 bridgehead atoms. The van der Waals surface area contributed by atoms with E-state index >= 15 is 0 Å². The standard InChI is InChI=1S/C9H20N2O3S2/c1-9(12,8-15-2)7-10-16(13,14)11-5-3-4-6-11/h10,12H,3-8H2,1-2H3. The third kappa shape index (κ3) is 4.21. The third-order valence-corrected chi connectivity index (χ3v) is 4.96. The van der Waals surface area contributed by atoms with Gasteiger partial charge in [0, 0.05) is 25.4 Å². The molecule has 0 aromatic rings. The lowest BCUT2D eigenvalue weighted by Crippen LogP contribution is -2.47. The van der Waals surface area contributed by atoms with Gasteiger partial charge in [-0.3, -0.25) is 0 Å². The van der Waals surface area contributed by atoms with Crippen molar-refractivity contribution in [2.24, 2.45) is 0 Å². The smallest absolute Gasteiger partial charge is 0.279 e. The summed E-state index contributed by atoms with van der Waals surface area (Å²) in [6, 6.07) is 0. The molecule has 96 valence electrons. The fourth-order valence-corrected chi connectivity index (χ4v) is 3.77. The van der Waals surface area contributed by atoms with E-state index in [1.54, 1.807) is 6.92 Å². The van der Waals surface area contributed by atoms with Crippen molar-refractivity contribution in [3.05, 3.63) is 0 Å². The summed E-state index contributed by atoms with van der Waals surface area (Å²) in [7, 11) is -3.40. The first-order valence-electron chi connectivity index (χ1n) is 5.33. The molecule has 0 radical (unpaired) electrons. The van der Waals surface area contributed by atoms with E-state index in [1.165, 1.54) is 16.1 Å². The Bertz CT molecular complexity index is 311. The normalized spacial score (nSPS) is 22.2. The lowest BCUT2D eigenvalue weighted by atomic mass is 10.1. The van der Waals surface area contributed by atoms with Crippen molar-refractivity contribution in [2.45, 2.75) is 25.4 Å². The number of nitrogens with one attached hydrogen (secondary N) is 1. The molecule has 0 saturated carbocycles. The van der Waals surface area contributed by atoms with Gasteiger partial charge in [0.1, 0.15) is 0 Å². The summed E-state index contributed by atoms with van der Waals surface area (Å²) in [5, 5.41) is 9.85. The van der Waals surface area contributed by atoms with E-state index in [0.29, 0.717) is 18.8 Å². The second kappa shape index (κ2) is 5.68. The van der Waals surface area contributed by atoms with Gasteiger partial charge in [-0.15, -0.1) is 0 Å². The van der Waals surface area contributed by atoms with Crippen molar-refractivity contribution >= 4 is 22.0 Å². The molecular weight excluding hydrogens is 248 g/mol. The average molecular weight is 268 g/mol. The van der Waals surface area contributed by atoms with Gasteiger partial charge in [-0.1, -0.05) is 0 Å². The minimum absolute atomic E-state index is 0.0622. The molecule has 1 rings (SSSR count). The molecule has 1 saturated heterocycles. The van der Waals surface area contributed by atoms with E-state index < -0.39 is 15.8 Å². The van der Waals surface area contributed by atoms with Crippen LogP contribution < -0.4 is 4.72 Å². The maximum Gasteiger partial charge on any atom is 0.279 e. The number of hydrogen-bond acceptors (Lipinski definition) is 4. The molecule has 0 aliphatic carbocycles. The average Bonchev–Trinajstić information content (AvgIpc) is 2.68. The Labute approximate surface area is 102 Å². The van der Waals surface area contributed by atoms with Crippen LogP contribution in [0, 0.1) is 0 Å². The van der Waals surface area contributed by atoms with Gasteiger partial charge in [0.05, 0.1) is 5.60 Å². The first-order chi connectivity index (χ1) is 7.37. The highest BCUT2D eigenvalue weighted by Gasteiger charge is 2.28. The largest absolute Gasteiger partial charge is 0.388 e. The van der Waals surface area contributed by atoms with Gasteiger partial charge < -0.3 is 5.11 Å². The highest BCUT2D eigenvalue weighted by molar-refractivity contribution is 7.98. The van der Waals surface area contributed by atoms with E-state index in [1.807, 2.05) is 6.26 Å². The lowest BCUT2D eigenvalue weighted by Gasteiger charge is -2.24. The summed E-state index contributed by atoms with van der Waals surface area (Å²) in [5.74, 6) is 0.509. The van der Waals surface area contributed by atoms with Gasteiger partial charge in [-0.25, -0.2) is 0 Å². The molecule has 1 heterocycles. The monoisotopic (exact) mass is 268 g/mol. The summed E-state index contributed by atoms with van der Waals surface area (Å²) in [5.41, 5.74) is -0.994. The molecule has 5 nitrogen and oxygen atoms in total. The van der Waals surface area contributed by atoms with Crippen LogP contribution in [-0.4, -0.2) is 55.1 Å². The van der Waals surface area contributed by atoms with Crippen LogP contribution in [0.25, 0.3) is 0 Å². The molecular formula is C9H20N2O3S2. The van der Waals surface area contributed by atoms with E-state index in [2.05, 4.69) is 4.72 Å². The van der Waals surface area contributed by atoms with Crippen LogP contribution in [0.15, 0.2) is 0 Å². The van der Waals surface area contributed by atoms with Gasteiger partial charge >= 0.3 is 0 Å². The van der Waals surface area contributed by atoms with Gasteiger partial charge in [-0.2, -0.15) is 29.2 Å². The molecule has 0 spiro atoms. The Hall–Kier alpha value is 0.180. The van der Waals surface area contributed by atoms with Crippen molar-refractivity contribution < 1.29 is 13.5 Å². The zero-order valence-electron chi connectivity index (χ0n) is 9.77. The lowest BCUT2D eigenvalue weighted by molar-refractivity contribution is 0.0904. The first-order valence-corrected chi connectivity index (χ1v) is 8.17. The van der Waals surface area contributed by atoms with Crippen LogP contribution in [0.3, 0.4) is 0 Å². The molecule has 2 N–H and O–H groups in total. The number of thioether (sulfide) groups is 1. The predicted molar refractivity (Wildman–Crippen MR) is 66.7 cm³/mol. The Morgan fingerprint density at radius 1 is 1.44 bits per heavy atom. The van der Waals surface area contributed by atoms with Crippen molar-refractivity contribution in [3.8, 4) is 0 Å².